The predicted molar refractivity (Wildman–Crippen MR) is 76.3 cm³/mol. The number of aliphatic hydroxyl groups is 1. The van der Waals surface area contributed by atoms with Crippen molar-refractivity contribution in [2.24, 2.45) is 5.92 Å². The van der Waals surface area contributed by atoms with Gasteiger partial charge < -0.3 is 9.84 Å². The van der Waals surface area contributed by atoms with Crippen molar-refractivity contribution in [2.75, 3.05) is 12.9 Å². The van der Waals surface area contributed by atoms with E-state index in [9.17, 15) is 5.11 Å². The molecule has 3 heteroatoms. The molecule has 2 rings (SSSR count). The number of aliphatic hydroxyl groups excluding tert-OH is 1. The lowest BCUT2D eigenvalue weighted by Gasteiger charge is -2.15. The van der Waals surface area contributed by atoms with Crippen LogP contribution in [0.4, 0.5) is 0 Å². The minimum Gasteiger partial charge on any atom is -0.496 e. The molecular weight excluding hydrogens is 244 g/mol. The van der Waals surface area contributed by atoms with E-state index in [-0.39, 0.29) is 6.10 Å². The molecule has 18 heavy (non-hydrogen) atoms. The van der Waals surface area contributed by atoms with Crippen molar-refractivity contribution >= 4 is 11.8 Å². The molecule has 2 nitrogen and oxygen atoms in total. The van der Waals surface area contributed by atoms with E-state index in [0.29, 0.717) is 0 Å². The molecule has 1 fully saturated rings. The zero-order chi connectivity index (χ0) is 12.8. The molecule has 1 atom stereocenters. The number of benzene rings is 1. The van der Waals surface area contributed by atoms with Crippen molar-refractivity contribution in [3.8, 4) is 5.75 Å². The van der Waals surface area contributed by atoms with Crippen molar-refractivity contribution in [1.82, 2.24) is 0 Å². The smallest absolute Gasteiger partial charge is 0.132 e. The fourth-order valence-corrected chi connectivity index (χ4v) is 3.60. The molecule has 1 aliphatic rings. The summed E-state index contributed by atoms with van der Waals surface area (Å²) in [6, 6.07) is 7.99. The van der Waals surface area contributed by atoms with Crippen LogP contribution in [-0.2, 0) is 0 Å². The van der Waals surface area contributed by atoms with Crippen LogP contribution in [0.15, 0.2) is 29.2 Å². The van der Waals surface area contributed by atoms with E-state index in [1.807, 2.05) is 24.3 Å². The first-order valence-corrected chi connectivity index (χ1v) is 7.72. The van der Waals surface area contributed by atoms with Crippen molar-refractivity contribution in [3.63, 3.8) is 0 Å². The lowest BCUT2D eigenvalue weighted by Crippen LogP contribution is -2.14. The Balaban J connectivity index is 1.79. The summed E-state index contributed by atoms with van der Waals surface area (Å²) in [6.45, 7) is 0. The molecule has 0 spiro atoms. The first-order valence-electron chi connectivity index (χ1n) is 6.73. The molecule has 0 saturated heterocycles. The molecule has 1 unspecified atom stereocenters. The van der Waals surface area contributed by atoms with Gasteiger partial charge in [0.15, 0.2) is 0 Å². The van der Waals surface area contributed by atoms with E-state index in [2.05, 4.69) is 0 Å². The van der Waals surface area contributed by atoms with Gasteiger partial charge in [-0.15, -0.1) is 11.8 Å². The molecule has 100 valence electrons. The summed E-state index contributed by atoms with van der Waals surface area (Å²) < 4.78 is 5.31. The van der Waals surface area contributed by atoms with Gasteiger partial charge in [0.05, 0.1) is 13.2 Å². The third-order valence-electron chi connectivity index (χ3n) is 3.58. The molecule has 1 aromatic carbocycles. The lowest BCUT2D eigenvalue weighted by atomic mass is 10.0. The van der Waals surface area contributed by atoms with Crippen LogP contribution in [0.3, 0.4) is 0 Å². The van der Waals surface area contributed by atoms with Crippen molar-refractivity contribution in [1.29, 1.82) is 0 Å². The Kier molecular flexibility index (Phi) is 5.39. The maximum Gasteiger partial charge on any atom is 0.132 e. The third kappa shape index (κ3) is 3.92. The van der Waals surface area contributed by atoms with Crippen LogP contribution < -0.4 is 4.74 Å². The third-order valence-corrected chi connectivity index (χ3v) is 4.78. The largest absolute Gasteiger partial charge is 0.496 e. The molecule has 1 saturated carbocycles. The molecule has 1 aromatic rings. The van der Waals surface area contributed by atoms with Gasteiger partial charge in [0, 0.05) is 10.6 Å². The van der Waals surface area contributed by atoms with Crippen LogP contribution >= 0.6 is 11.8 Å². The average Bonchev–Trinajstić information content (AvgIpc) is 2.89. The highest BCUT2D eigenvalue weighted by Gasteiger charge is 2.19. The Labute approximate surface area is 114 Å². The Morgan fingerprint density at radius 2 is 2.06 bits per heavy atom. The van der Waals surface area contributed by atoms with Crippen molar-refractivity contribution in [2.45, 2.75) is 43.1 Å². The Morgan fingerprint density at radius 1 is 1.33 bits per heavy atom. The van der Waals surface area contributed by atoms with Crippen LogP contribution in [0, 0.1) is 5.92 Å². The number of methoxy groups -OCH3 is 1. The fraction of sp³-hybridized carbons (Fsp3) is 0.600. The van der Waals surface area contributed by atoms with E-state index in [0.717, 1.165) is 28.7 Å². The standard InChI is InChI=1S/C15H22O2S/c1-17-14-8-4-5-9-15(14)18-11-13(16)10-12-6-2-3-7-12/h4-5,8-9,12-13,16H,2-3,6-7,10-11H2,1H3. The average molecular weight is 266 g/mol. The number of hydrogen-bond donors (Lipinski definition) is 1. The molecule has 1 aliphatic carbocycles. The summed E-state index contributed by atoms with van der Waals surface area (Å²) in [5.74, 6) is 2.41. The second-order valence-electron chi connectivity index (χ2n) is 5.00. The molecule has 0 amide bonds. The summed E-state index contributed by atoms with van der Waals surface area (Å²) in [6.07, 6.45) is 6.06. The molecular formula is C15H22O2S. The predicted octanol–water partition coefficient (Wildman–Crippen LogP) is 3.73. The van der Waals surface area contributed by atoms with Crippen LogP contribution in [0.5, 0.6) is 5.75 Å². The van der Waals surface area contributed by atoms with Crippen LogP contribution in [-0.4, -0.2) is 24.1 Å². The zero-order valence-electron chi connectivity index (χ0n) is 11.0. The Bertz CT molecular complexity index is 361. The SMILES string of the molecule is COc1ccccc1SCC(O)CC1CCCC1. The van der Waals surface area contributed by atoms with Gasteiger partial charge in [0.25, 0.3) is 0 Å². The van der Waals surface area contributed by atoms with E-state index in [1.165, 1.54) is 25.7 Å². The van der Waals surface area contributed by atoms with E-state index < -0.39 is 0 Å². The van der Waals surface area contributed by atoms with Gasteiger partial charge in [-0.1, -0.05) is 37.8 Å². The van der Waals surface area contributed by atoms with Gasteiger partial charge in [-0.2, -0.15) is 0 Å². The van der Waals surface area contributed by atoms with Gasteiger partial charge in [-0.05, 0) is 24.5 Å². The number of hydrogen-bond acceptors (Lipinski definition) is 3. The number of para-hydroxylation sites is 1. The van der Waals surface area contributed by atoms with E-state index in [4.69, 9.17) is 4.74 Å². The van der Waals surface area contributed by atoms with Crippen LogP contribution in [0.1, 0.15) is 32.1 Å². The molecule has 0 radical (unpaired) electrons. The summed E-state index contributed by atoms with van der Waals surface area (Å²) in [7, 11) is 1.69. The molecule has 0 aliphatic heterocycles. The van der Waals surface area contributed by atoms with Crippen molar-refractivity contribution in [3.05, 3.63) is 24.3 Å². The van der Waals surface area contributed by atoms with Gasteiger partial charge >= 0.3 is 0 Å². The Hall–Kier alpha value is -0.670. The number of rotatable bonds is 6. The maximum atomic E-state index is 10.1. The van der Waals surface area contributed by atoms with Gasteiger partial charge in [0.2, 0.25) is 0 Å². The van der Waals surface area contributed by atoms with Gasteiger partial charge in [0.1, 0.15) is 5.75 Å². The highest BCUT2D eigenvalue weighted by molar-refractivity contribution is 7.99. The van der Waals surface area contributed by atoms with E-state index in [1.54, 1.807) is 18.9 Å². The topological polar surface area (TPSA) is 29.5 Å². The minimum absolute atomic E-state index is 0.192. The zero-order valence-corrected chi connectivity index (χ0v) is 11.8. The summed E-state index contributed by atoms with van der Waals surface area (Å²) in [4.78, 5) is 1.12. The second-order valence-corrected chi connectivity index (χ2v) is 6.06. The molecule has 0 heterocycles. The van der Waals surface area contributed by atoms with Crippen LogP contribution in [0.2, 0.25) is 0 Å². The first kappa shape index (κ1) is 13.8. The van der Waals surface area contributed by atoms with Crippen LogP contribution in [0.25, 0.3) is 0 Å². The van der Waals surface area contributed by atoms with Gasteiger partial charge in [-0.3, -0.25) is 0 Å². The molecule has 0 bridgehead atoms. The first-order chi connectivity index (χ1) is 8.79. The number of thioether (sulfide) groups is 1. The van der Waals surface area contributed by atoms with E-state index >= 15 is 0 Å². The van der Waals surface area contributed by atoms with Crippen molar-refractivity contribution < 1.29 is 9.84 Å². The maximum absolute atomic E-state index is 10.1. The summed E-state index contributed by atoms with van der Waals surface area (Å²) in [5.41, 5.74) is 0. The highest BCUT2D eigenvalue weighted by Crippen LogP contribution is 2.32. The lowest BCUT2D eigenvalue weighted by molar-refractivity contribution is 0.166. The second kappa shape index (κ2) is 7.05. The normalized spacial score (nSPS) is 17.9. The quantitative estimate of drug-likeness (QED) is 0.796. The monoisotopic (exact) mass is 266 g/mol. The summed E-state index contributed by atoms with van der Waals surface area (Å²) >= 11 is 1.69. The molecule has 0 aromatic heterocycles. The number of ether oxygens (including phenoxy) is 1. The van der Waals surface area contributed by atoms with Gasteiger partial charge in [-0.25, -0.2) is 0 Å². The molecule has 1 N–H and O–H groups in total. The highest BCUT2D eigenvalue weighted by atomic mass is 32.2. The Morgan fingerprint density at radius 3 is 2.78 bits per heavy atom. The fourth-order valence-electron chi connectivity index (χ4n) is 2.62. The minimum atomic E-state index is -0.192. The summed E-state index contributed by atoms with van der Waals surface area (Å²) in [5, 5.41) is 10.1.